The van der Waals surface area contributed by atoms with Crippen molar-refractivity contribution in [3.8, 4) is 35.4 Å². The number of hydrazine groups is 1. The first kappa shape index (κ1) is 40.6. The van der Waals surface area contributed by atoms with E-state index in [0.29, 0.717) is 69.1 Å². The van der Waals surface area contributed by atoms with E-state index in [9.17, 15) is 9.18 Å². The van der Waals surface area contributed by atoms with Crippen molar-refractivity contribution >= 4 is 33.5 Å². The Morgan fingerprint density at radius 3 is 2.63 bits per heavy atom. The number of terminal acetylenes is 1. The number of methoxy groups -OCH3 is 1. The minimum absolute atomic E-state index is 0.0377. The highest BCUT2D eigenvalue weighted by Gasteiger charge is 2.49. The summed E-state index contributed by atoms with van der Waals surface area (Å²) >= 11 is 0. The number of nitrogens with zero attached hydrogens (tertiary/aromatic N) is 5. The first-order chi connectivity index (χ1) is 27.8. The topological polar surface area (TPSA) is 130 Å². The number of rotatable bonds is 17. The molecule has 16 heteroatoms. The molecule has 0 amide bonds. The zero-order chi connectivity index (χ0) is 39.8. The quantitative estimate of drug-likeness (QED) is 0.0656. The van der Waals surface area contributed by atoms with Gasteiger partial charge in [-0.3, -0.25) is 14.9 Å². The Bertz CT molecular complexity index is 2100. The van der Waals surface area contributed by atoms with Gasteiger partial charge < -0.3 is 28.4 Å². The third-order valence-corrected chi connectivity index (χ3v) is 10.6. The van der Waals surface area contributed by atoms with Gasteiger partial charge in [-0.15, -0.1) is 6.42 Å². The van der Waals surface area contributed by atoms with Crippen LogP contribution in [0.1, 0.15) is 44.1 Å². The first-order valence-electron chi connectivity index (χ1n) is 19.4. The lowest BCUT2D eigenvalue weighted by atomic mass is 9.95. The lowest BCUT2D eigenvalue weighted by Crippen LogP contribution is -2.43. The number of carbonyl (C=O) groups excluding carboxylic acids is 1. The Morgan fingerprint density at radius 2 is 1.82 bits per heavy atom. The Morgan fingerprint density at radius 1 is 1.02 bits per heavy atom. The van der Waals surface area contributed by atoms with Crippen molar-refractivity contribution in [2.75, 3.05) is 91.2 Å². The Balaban J connectivity index is 1.19. The van der Waals surface area contributed by atoms with Crippen LogP contribution < -0.4 is 19.9 Å². The average Bonchev–Trinajstić information content (AvgIpc) is 3.59. The second kappa shape index (κ2) is 18.8. The fraction of sp³-hybridized carbons (Fsp3) is 0.512. The largest absolute Gasteiger partial charge is 0.461 e. The van der Waals surface area contributed by atoms with Crippen molar-refractivity contribution < 1.29 is 46.4 Å². The second-order valence-electron chi connectivity index (χ2n) is 14.4. The van der Waals surface area contributed by atoms with Crippen molar-refractivity contribution in [2.24, 2.45) is 0 Å². The number of benzene rings is 2. The van der Waals surface area contributed by atoms with E-state index in [1.54, 1.807) is 7.11 Å². The number of pyridine rings is 1. The molecule has 3 fully saturated rings. The molecule has 304 valence electrons. The van der Waals surface area contributed by atoms with E-state index < -0.39 is 29.3 Å². The van der Waals surface area contributed by atoms with Gasteiger partial charge in [-0.25, -0.2) is 23.4 Å². The van der Waals surface area contributed by atoms with E-state index in [-0.39, 0.29) is 65.9 Å². The van der Waals surface area contributed by atoms with Crippen molar-refractivity contribution in [1.82, 2.24) is 25.3 Å². The van der Waals surface area contributed by atoms with Crippen LogP contribution in [-0.2, 0) is 23.7 Å². The maximum absolute atomic E-state index is 17.2. The highest BCUT2D eigenvalue weighted by atomic mass is 19.1. The zero-order valence-corrected chi connectivity index (χ0v) is 32.0. The zero-order valence-electron chi connectivity index (χ0n) is 32.0. The maximum atomic E-state index is 17.2. The summed E-state index contributed by atoms with van der Waals surface area (Å²) in [5.41, 5.74) is 2.56. The fourth-order valence-corrected chi connectivity index (χ4v) is 7.87. The third kappa shape index (κ3) is 9.25. The van der Waals surface area contributed by atoms with Gasteiger partial charge in [0.25, 0.3) is 0 Å². The van der Waals surface area contributed by atoms with E-state index in [1.165, 1.54) is 30.5 Å². The summed E-state index contributed by atoms with van der Waals surface area (Å²) in [6.45, 7) is 4.25. The van der Waals surface area contributed by atoms with Gasteiger partial charge in [-0.2, -0.15) is 9.97 Å². The highest BCUT2D eigenvalue weighted by molar-refractivity contribution is 6.03. The van der Waals surface area contributed by atoms with Gasteiger partial charge in [0.2, 0.25) is 0 Å². The van der Waals surface area contributed by atoms with Crippen LogP contribution >= 0.6 is 0 Å². The molecule has 3 aliphatic rings. The molecule has 2 aromatic carbocycles. The van der Waals surface area contributed by atoms with Crippen LogP contribution in [0.25, 0.3) is 32.9 Å². The van der Waals surface area contributed by atoms with E-state index in [0.717, 1.165) is 38.6 Å². The number of ether oxygens (including phenoxy) is 6. The molecule has 3 saturated heterocycles. The number of anilines is 1. The molecule has 0 bridgehead atoms. The number of alkyl halides is 1. The summed E-state index contributed by atoms with van der Waals surface area (Å²) in [5.74, 6) is 0.555. The summed E-state index contributed by atoms with van der Waals surface area (Å²) in [6.07, 6.45) is 11.2. The SMILES string of the molecule is C#Cc1c(F)ccc2cc(OC(=O)COCCOCCOCCOC)cc(-c3ncc4c(N5CCCCCN5)nc(OC[C@@]56CCCN5C[C@H](F)C6)nc4c3F)c12. The summed E-state index contributed by atoms with van der Waals surface area (Å²) < 4.78 is 80.0. The van der Waals surface area contributed by atoms with Crippen molar-refractivity contribution in [3.63, 3.8) is 0 Å². The van der Waals surface area contributed by atoms with Gasteiger partial charge >= 0.3 is 12.0 Å². The number of hydrogen-bond donors (Lipinski definition) is 1. The lowest BCUT2D eigenvalue weighted by molar-refractivity contribution is -0.140. The van der Waals surface area contributed by atoms with Crippen LogP contribution in [0, 0.1) is 24.0 Å². The van der Waals surface area contributed by atoms with Gasteiger partial charge in [-0.1, -0.05) is 18.4 Å². The standard InChI is InChI=1S/C41H47F3N6O7/c1-3-30-33(43)9-8-27-20-29(57-34(51)25-55-19-18-54-17-16-53-15-14-52-2)21-31(35(27)30)37-36(44)38-32(23-45-37)39(50-13-6-4-5-11-46-50)48-40(47-38)56-26-41-10-7-12-49(41)24-28(42)22-41/h1,8-9,20-21,23,28,46H,4-7,10-19,22,24-26H2,2H3/t28-,41+/m1/s1. The predicted octanol–water partition coefficient (Wildman–Crippen LogP) is 5.16. The van der Waals surface area contributed by atoms with Crippen LogP contribution in [0.4, 0.5) is 19.0 Å². The molecule has 57 heavy (non-hydrogen) atoms. The molecule has 13 nitrogen and oxygen atoms in total. The first-order valence-corrected chi connectivity index (χ1v) is 19.4. The van der Waals surface area contributed by atoms with E-state index >= 15 is 8.78 Å². The summed E-state index contributed by atoms with van der Waals surface area (Å²) in [6, 6.07) is 5.50. The maximum Gasteiger partial charge on any atom is 0.337 e. The minimum Gasteiger partial charge on any atom is -0.461 e. The highest BCUT2D eigenvalue weighted by Crippen LogP contribution is 2.42. The number of esters is 1. The summed E-state index contributed by atoms with van der Waals surface area (Å²) in [5, 5.41) is 2.76. The van der Waals surface area contributed by atoms with Crippen LogP contribution in [0.5, 0.6) is 11.8 Å². The molecule has 3 aliphatic heterocycles. The lowest BCUT2D eigenvalue weighted by Gasteiger charge is -2.31. The number of hydrogen-bond acceptors (Lipinski definition) is 13. The molecule has 0 aliphatic carbocycles. The van der Waals surface area contributed by atoms with E-state index in [4.69, 9.17) is 39.8 Å². The van der Waals surface area contributed by atoms with Crippen LogP contribution in [0.2, 0.25) is 0 Å². The van der Waals surface area contributed by atoms with Gasteiger partial charge in [0.1, 0.15) is 42.2 Å². The average molecular weight is 793 g/mol. The normalized spacial score (nSPS) is 19.8. The van der Waals surface area contributed by atoms with Crippen LogP contribution in [0.3, 0.4) is 0 Å². The van der Waals surface area contributed by atoms with Gasteiger partial charge in [0.15, 0.2) is 11.6 Å². The monoisotopic (exact) mass is 792 g/mol. The molecular weight excluding hydrogens is 745 g/mol. The molecule has 0 saturated carbocycles. The third-order valence-electron chi connectivity index (χ3n) is 10.6. The Labute approximate surface area is 329 Å². The summed E-state index contributed by atoms with van der Waals surface area (Å²) in [4.78, 5) is 28.8. The van der Waals surface area contributed by atoms with Crippen molar-refractivity contribution in [3.05, 3.63) is 47.7 Å². The second-order valence-corrected chi connectivity index (χ2v) is 14.4. The molecule has 0 unspecified atom stereocenters. The number of nitrogens with one attached hydrogen (secondary N) is 1. The number of halogens is 3. The molecule has 2 atom stereocenters. The number of fused-ring (bicyclic) bond motifs is 3. The molecule has 7 rings (SSSR count). The molecule has 0 spiro atoms. The molecule has 4 aromatic rings. The number of aromatic nitrogens is 3. The Kier molecular flexibility index (Phi) is 13.3. The molecule has 0 radical (unpaired) electrons. The summed E-state index contributed by atoms with van der Waals surface area (Å²) in [7, 11) is 1.59. The molecule has 5 heterocycles. The Hall–Kier alpha value is -4.63. The van der Waals surface area contributed by atoms with Gasteiger partial charge in [0.05, 0.1) is 56.1 Å². The van der Waals surface area contributed by atoms with Crippen molar-refractivity contribution in [2.45, 2.75) is 50.2 Å². The van der Waals surface area contributed by atoms with Crippen LogP contribution in [0.15, 0.2) is 30.5 Å². The fourth-order valence-electron chi connectivity index (χ4n) is 7.87. The number of carbonyl (C=O) groups is 1. The minimum atomic E-state index is -0.952. The van der Waals surface area contributed by atoms with Gasteiger partial charge in [-0.05, 0) is 55.8 Å². The van der Waals surface area contributed by atoms with Crippen molar-refractivity contribution in [1.29, 1.82) is 0 Å². The van der Waals surface area contributed by atoms with Gasteiger partial charge in [0, 0.05) is 50.3 Å². The van der Waals surface area contributed by atoms with Crippen LogP contribution in [-0.4, -0.2) is 124 Å². The smallest absolute Gasteiger partial charge is 0.337 e. The molecule has 2 aromatic heterocycles. The molecule has 1 N–H and O–H groups in total. The predicted molar refractivity (Wildman–Crippen MR) is 206 cm³/mol. The van der Waals surface area contributed by atoms with E-state index in [1.807, 2.05) is 5.01 Å². The van der Waals surface area contributed by atoms with E-state index in [2.05, 4.69) is 26.2 Å². The molecular formula is C41H47F3N6O7.